The summed E-state index contributed by atoms with van der Waals surface area (Å²) in [6.07, 6.45) is 0.600. The number of hydrogen-bond acceptors (Lipinski definition) is 3. The van der Waals surface area contributed by atoms with Gasteiger partial charge in [-0.05, 0) is 27.7 Å². The Morgan fingerprint density at radius 1 is 0.810 bits per heavy atom. The maximum Gasteiger partial charge on any atom is 0.112 e. The van der Waals surface area contributed by atoms with Crippen molar-refractivity contribution in [2.75, 3.05) is 19.6 Å². The summed E-state index contributed by atoms with van der Waals surface area (Å²) in [5.41, 5.74) is 0. The highest BCUT2D eigenvalue weighted by molar-refractivity contribution is 6.89. The normalized spacial score (nSPS) is 20.4. The molecule has 1 heterocycles. The van der Waals surface area contributed by atoms with Gasteiger partial charge in [-0.1, -0.05) is 39.3 Å². The molecule has 0 aliphatic carbocycles. The average Bonchev–Trinajstić information content (AvgIpc) is 2.65. The Hall–Kier alpha value is 0.314. The van der Waals surface area contributed by atoms with Crippen LogP contribution in [0, 0.1) is 0 Å². The maximum atomic E-state index is 2.95. The van der Waals surface area contributed by atoms with Crippen LogP contribution in [0.3, 0.4) is 0 Å². The Kier molecular flexibility index (Phi) is 6.29. The third-order valence-corrected chi connectivity index (χ3v) is 12.3. The maximum absolute atomic E-state index is 2.95. The van der Waals surface area contributed by atoms with Crippen molar-refractivity contribution >= 4 is 16.5 Å². The minimum Gasteiger partial charge on any atom is -0.343 e. The summed E-state index contributed by atoms with van der Waals surface area (Å²) in [5.74, 6) is 0. The van der Waals surface area contributed by atoms with Gasteiger partial charge in [0.1, 0.15) is 16.5 Å². The monoisotopic (exact) mass is 329 g/mol. The van der Waals surface area contributed by atoms with Gasteiger partial charge in [0.2, 0.25) is 0 Å². The van der Waals surface area contributed by atoms with Gasteiger partial charge in [-0.2, -0.15) is 0 Å². The molecule has 0 aromatic heterocycles. The molecule has 3 nitrogen and oxygen atoms in total. The SMILES string of the molecule is CC(C)N1CCN(C(C)C)C1CN([Si](C)(C)C)[Si](C)(C)C. The van der Waals surface area contributed by atoms with Crippen molar-refractivity contribution in [2.24, 2.45) is 0 Å². The lowest BCUT2D eigenvalue weighted by Crippen LogP contribution is -2.64. The van der Waals surface area contributed by atoms with Crippen LogP contribution in [0.4, 0.5) is 0 Å². The highest BCUT2D eigenvalue weighted by Crippen LogP contribution is 2.26. The van der Waals surface area contributed by atoms with Crippen LogP contribution in [0.15, 0.2) is 0 Å². The molecule has 0 bridgehead atoms. The summed E-state index contributed by atoms with van der Waals surface area (Å²) in [4.78, 5) is 5.43. The highest BCUT2D eigenvalue weighted by Gasteiger charge is 2.41. The van der Waals surface area contributed by atoms with Gasteiger partial charge in [0.25, 0.3) is 0 Å². The fraction of sp³-hybridized carbons (Fsp3) is 1.00. The van der Waals surface area contributed by atoms with E-state index in [0.717, 1.165) is 0 Å². The average molecular weight is 330 g/mol. The first-order valence-corrected chi connectivity index (χ1v) is 15.5. The first-order chi connectivity index (χ1) is 9.35. The summed E-state index contributed by atoms with van der Waals surface area (Å²) in [5, 5.41) is 0. The molecule has 0 unspecified atom stereocenters. The number of rotatable bonds is 6. The third kappa shape index (κ3) is 4.89. The van der Waals surface area contributed by atoms with E-state index in [-0.39, 0.29) is 0 Å². The second-order valence-corrected chi connectivity index (χ2v) is 19.3. The second-order valence-electron chi connectivity index (χ2n) is 9.10. The standard InChI is InChI=1S/C16H39N3Si2/c1-14(2)17-11-12-18(15(3)4)16(17)13-19(20(5,6)7)21(8,9)10/h14-16H,11-13H2,1-10H3. The largest absolute Gasteiger partial charge is 0.343 e. The molecular formula is C16H39N3Si2. The van der Waals surface area contributed by atoms with E-state index in [4.69, 9.17) is 0 Å². The topological polar surface area (TPSA) is 9.72 Å². The summed E-state index contributed by atoms with van der Waals surface area (Å²) in [6.45, 7) is 28.2. The molecule has 1 aliphatic rings. The summed E-state index contributed by atoms with van der Waals surface area (Å²) < 4.78 is 2.95. The van der Waals surface area contributed by atoms with Gasteiger partial charge in [-0.15, -0.1) is 0 Å². The van der Waals surface area contributed by atoms with E-state index in [2.05, 4.69) is 81.0 Å². The van der Waals surface area contributed by atoms with Gasteiger partial charge in [0.05, 0.1) is 6.17 Å². The van der Waals surface area contributed by atoms with Gasteiger partial charge in [0.15, 0.2) is 0 Å². The summed E-state index contributed by atoms with van der Waals surface area (Å²) >= 11 is 0. The van der Waals surface area contributed by atoms with Crippen LogP contribution in [0.1, 0.15) is 27.7 Å². The molecule has 126 valence electrons. The van der Waals surface area contributed by atoms with Crippen molar-refractivity contribution < 1.29 is 0 Å². The number of nitrogens with zero attached hydrogens (tertiary/aromatic N) is 3. The predicted molar refractivity (Wildman–Crippen MR) is 101 cm³/mol. The quantitative estimate of drug-likeness (QED) is 0.688. The van der Waals surface area contributed by atoms with Crippen molar-refractivity contribution in [1.82, 2.24) is 14.0 Å². The van der Waals surface area contributed by atoms with E-state index >= 15 is 0 Å². The molecule has 21 heavy (non-hydrogen) atoms. The van der Waals surface area contributed by atoms with E-state index in [1.54, 1.807) is 0 Å². The first kappa shape index (κ1) is 19.4. The lowest BCUT2D eigenvalue weighted by atomic mass is 10.2. The Morgan fingerprint density at radius 2 is 1.14 bits per heavy atom. The Morgan fingerprint density at radius 3 is 1.38 bits per heavy atom. The molecule has 1 fully saturated rings. The molecule has 0 aromatic rings. The van der Waals surface area contributed by atoms with Crippen LogP contribution in [-0.4, -0.2) is 68.4 Å². The minimum absolute atomic E-state index is 0.600. The molecule has 0 saturated carbocycles. The lowest BCUT2D eigenvalue weighted by Gasteiger charge is -2.48. The van der Waals surface area contributed by atoms with E-state index in [9.17, 15) is 0 Å². The Bertz CT molecular complexity index is 301. The number of hydrogen-bond donors (Lipinski definition) is 0. The van der Waals surface area contributed by atoms with Gasteiger partial charge in [-0.3, -0.25) is 9.80 Å². The van der Waals surface area contributed by atoms with Crippen molar-refractivity contribution in [2.45, 2.75) is 85.2 Å². The smallest absolute Gasteiger partial charge is 0.112 e. The summed E-state index contributed by atoms with van der Waals surface area (Å²) in [6, 6.07) is 1.28. The molecule has 0 radical (unpaired) electrons. The first-order valence-electron chi connectivity index (χ1n) is 8.65. The fourth-order valence-electron chi connectivity index (χ4n) is 3.85. The Labute approximate surface area is 135 Å². The van der Waals surface area contributed by atoms with Crippen LogP contribution in [0.5, 0.6) is 0 Å². The minimum atomic E-state index is -1.28. The van der Waals surface area contributed by atoms with E-state index < -0.39 is 16.5 Å². The molecular weight excluding hydrogens is 290 g/mol. The van der Waals surface area contributed by atoms with Crippen LogP contribution >= 0.6 is 0 Å². The molecule has 0 atom stereocenters. The fourth-order valence-corrected chi connectivity index (χ4v) is 13.3. The highest BCUT2D eigenvalue weighted by atomic mass is 28.4. The second kappa shape index (κ2) is 6.83. The zero-order valence-corrected chi connectivity index (χ0v) is 18.2. The molecule has 1 rings (SSSR count). The lowest BCUT2D eigenvalue weighted by molar-refractivity contribution is 0.0809. The van der Waals surface area contributed by atoms with Crippen molar-refractivity contribution in [3.05, 3.63) is 0 Å². The molecule has 5 heteroatoms. The molecule has 1 aliphatic heterocycles. The van der Waals surface area contributed by atoms with Gasteiger partial charge in [-0.25, -0.2) is 0 Å². The Balaban J connectivity index is 3.02. The molecule has 0 N–H and O–H groups in total. The van der Waals surface area contributed by atoms with Crippen LogP contribution in [0.2, 0.25) is 39.3 Å². The predicted octanol–water partition coefficient (Wildman–Crippen LogP) is 3.72. The summed E-state index contributed by atoms with van der Waals surface area (Å²) in [7, 11) is -2.55. The molecule has 0 spiro atoms. The van der Waals surface area contributed by atoms with Gasteiger partial charge >= 0.3 is 0 Å². The van der Waals surface area contributed by atoms with Gasteiger partial charge in [0, 0.05) is 31.7 Å². The van der Waals surface area contributed by atoms with Crippen LogP contribution in [0.25, 0.3) is 0 Å². The van der Waals surface area contributed by atoms with Crippen molar-refractivity contribution in [1.29, 1.82) is 0 Å². The van der Waals surface area contributed by atoms with Crippen molar-refractivity contribution in [3.8, 4) is 0 Å². The van der Waals surface area contributed by atoms with Gasteiger partial charge < -0.3 is 4.23 Å². The molecule has 0 amide bonds. The van der Waals surface area contributed by atoms with E-state index in [1.807, 2.05) is 0 Å². The van der Waals surface area contributed by atoms with Crippen LogP contribution < -0.4 is 0 Å². The van der Waals surface area contributed by atoms with Crippen LogP contribution in [-0.2, 0) is 0 Å². The third-order valence-electron chi connectivity index (χ3n) is 4.67. The molecule has 1 saturated heterocycles. The zero-order valence-electron chi connectivity index (χ0n) is 16.2. The molecule has 0 aromatic carbocycles. The zero-order chi connectivity index (χ0) is 16.6. The van der Waals surface area contributed by atoms with Crippen molar-refractivity contribution in [3.63, 3.8) is 0 Å². The van der Waals surface area contributed by atoms with E-state index in [0.29, 0.717) is 18.2 Å². The van der Waals surface area contributed by atoms with E-state index in [1.165, 1.54) is 19.6 Å².